The van der Waals surface area contributed by atoms with Gasteiger partial charge in [-0.1, -0.05) is 18.0 Å². The number of aromatic amines is 1. The molecule has 6 heterocycles. The number of piperidine rings is 1. The number of methoxy groups -OCH3 is 1. The van der Waals surface area contributed by atoms with Crippen LogP contribution in [0.15, 0.2) is 12.3 Å². The molecule has 8 rings (SSSR count). The number of H-pyrrole nitrogens is 1. The number of hydrogen-bond donors (Lipinski definition) is 2. The van der Waals surface area contributed by atoms with Gasteiger partial charge in [-0.05, 0) is 84.4 Å². The number of aromatic nitrogens is 5. The van der Waals surface area contributed by atoms with Crippen molar-refractivity contribution in [1.29, 1.82) is 0 Å². The van der Waals surface area contributed by atoms with Crippen LogP contribution in [0.5, 0.6) is 11.9 Å². The Bertz CT molecular complexity index is 1970. The minimum atomic E-state index is -1.18. The molecule has 1 aliphatic carbocycles. The fourth-order valence-electron chi connectivity index (χ4n) is 9.55. The summed E-state index contributed by atoms with van der Waals surface area (Å²) in [6.07, 6.45) is 9.61. The second-order valence-electron chi connectivity index (χ2n) is 15.8. The van der Waals surface area contributed by atoms with Crippen LogP contribution in [0.1, 0.15) is 71.3 Å². The quantitative estimate of drug-likeness (QED) is 0.224. The molecule has 4 aromatic rings. The van der Waals surface area contributed by atoms with E-state index in [-0.39, 0.29) is 59.3 Å². The molecule has 12 nitrogen and oxygen atoms in total. The first kappa shape index (κ1) is 35.7. The first-order valence-electron chi connectivity index (χ1n) is 18.6. The fraction of sp³-hybridized carbons (Fsp3) is 0.632. The van der Waals surface area contributed by atoms with E-state index in [4.69, 9.17) is 45.5 Å². The molecule has 3 saturated heterocycles. The Labute approximate surface area is 308 Å². The first-order valence-corrected chi connectivity index (χ1v) is 19.0. The summed E-state index contributed by atoms with van der Waals surface area (Å²) < 4.78 is 41.6. The number of pyridine rings is 1. The highest BCUT2D eigenvalue weighted by molar-refractivity contribution is 6.35. The summed E-state index contributed by atoms with van der Waals surface area (Å²) in [5.41, 5.74) is 0.571. The molecule has 4 fully saturated rings. The molecule has 1 aromatic carbocycles. The Hall–Kier alpha value is -3.36. The average molecular weight is 738 g/mol. The SMILES string of the molecule is COc1nc(-c2c(Cl)c(C)cc3[nH]ncc23)c(F)c2nc(OCC34CCCC3N(C3CC(C)OC(C)C3)CCC4)nc(N3CCOCC(C)(O)C3)c12. The molecule has 14 heteroatoms. The third-order valence-corrected chi connectivity index (χ3v) is 12.2. The summed E-state index contributed by atoms with van der Waals surface area (Å²) >= 11 is 6.88. The largest absolute Gasteiger partial charge is 0.480 e. The summed E-state index contributed by atoms with van der Waals surface area (Å²) in [6, 6.07) is 2.80. The normalized spacial score (nSPS) is 30.1. The van der Waals surface area contributed by atoms with Gasteiger partial charge in [-0.15, -0.1) is 0 Å². The average Bonchev–Trinajstić information content (AvgIpc) is 3.72. The highest BCUT2D eigenvalue weighted by atomic mass is 35.5. The van der Waals surface area contributed by atoms with Crippen LogP contribution >= 0.6 is 11.6 Å². The van der Waals surface area contributed by atoms with Gasteiger partial charge in [-0.3, -0.25) is 10.00 Å². The summed E-state index contributed by atoms with van der Waals surface area (Å²) in [5.74, 6) is -0.190. The number of likely N-dealkylation sites (tertiary alicyclic amines) is 1. The molecule has 0 spiro atoms. The van der Waals surface area contributed by atoms with Crippen molar-refractivity contribution >= 4 is 39.2 Å². The lowest BCUT2D eigenvalue weighted by Crippen LogP contribution is -2.57. The number of benzene rings is 1. The maximum atomic E-state index is 17.2. The zero-order valence-electron chi connectivity index (χ0n) is 30.7. The van der Waals surface area contributed by atoms with Gasteiger partial charge in [0.05, 0.1) is 62.4 Å². The maximum absolute atomic E-state index is 17.2. The molecule has 0 amide bonds. The molecular weight excluding hydrogens is 689 g/mol. The van der Waals surface area contributed by atoms with Crippen LogP contribution in [0.2, 0.25) is 5.02 Å². The van der Waals surface area contributed by atoms with Crippen LogP contribution in [-0.2, 0) is 9.47 Å². The van der Waals surface area contributed by atoms with Gasteiger partial charge >= 0.3 is 6.01 Å². The summed E-state index contributed by atoms with van der Waals surface area (Å²) in [7, 11) is 1.48. The molecule has 5 atom stereocenters. The number of hydrogen-bond acceptors (Lipinski definition) is 11. The number of ether oxygens (including phenoxy) is 4. The van der Waals surface area contributed by atoms with Crippen LogP contribution < -0.4 is 14.4 Å². The highest BCUT2D eigenvalue weighted by Gasteiger charge is 2.51. The van der Waals surface area contributed by atoms with E-state index in [1.165, 1.54) is 7.11 Å². The summed E-state index contributed by atoms with van der Waals surface area (Å²) in [6.45, 7) is 10.5. The lowest BCUT2D eigenvalue weighted by atomic mass is 9.74. The van der Waals surface area contributed by atoms with Crippen molar-refractivity contribution in [2.24, 2.45) is 5.41 Å². The van der Waals surface area contributed by atoms with Gasteiger partial charge in [0, 0.05) is 35.0 Å². The fourth-order valence-corrected chi connectivity index (χ4v) is 9.80. The van der Waals surface area contributed by atoms with E-state index in [0.717, 1.165) is 57.1 Å². The van der Waals surface area contributed by atoms with E-state index in [0.29, 0.717) is 59.1 Å². The van der Waals surface area contributed by atoms with Gasteiger partial charge in [0.2, 0.25) is 5.88 Å². The lowest BCUT2D eigenvalue weighted by molar-refractivity contribution is -0.0967. The van der Waals surface area contributed by atoms with Crippen molar-refractivity contribution in [3.63, 3.8) is 0 Å². The van der Waals surface area contributed by atoms with E-state index in [1.807, 2.05) is 17.9 Å². The minimum absolute atomic E-state index is 0.00296. The van der Waals surface area contributed by atoms with Crippen molar-refractivity contribution < 1.29 is 28.4 Å². The maximum Gasteiger partial charge on any atom is 0.319 e. The van der Waals surface area contributed by atoms with Crippen molar-refractivity contribution in [3.8, 4) is 23.1 Å². The summed E-state index contributed by atoms with van der Waals surface area (Å²) in [5, 5.41) is 19.6. The van der Waals surface area contributed by atoms with E-state index in [9.17, 15) is 5.11 Å². The molecule has 0 bridgehead atoms. The van der Waals surface area contributed by atoms with Crippen LogP contribution in [0.4, 0.5) is 10.2 Å². The molecule has 3 aromatic heterocycles. The second kappa shape index (κ2) is 13.8. The molecule has 2 N–H and O–H groups in total. The number of β-amino-alcohol motifs (C(OH)–C–C–N with tert-alkyl or cyclic N) is 1. The van der Waals surface area contributed by atoms with Crippen molar-refractivity contribution in [2.75, 3.05) is 51.5 Å². The number of rotatable bonds is 7. The van der Waals surface area contributed by atoms with E-state index < -0.39 is 11.4 Å². The third kappa shape index (κ3) is 6.36. The minimum Gasteiger partial charge on any atom is -0.480 e. The van der Waals surface area contributed by atoms with Gasteiger partial charge in [0.1, 0.15) is 28.0 Å². The molecule has 5 unspecified atom stereocenters. The smallest absolute Gasteiger partial charge is 0.319 e. The second-order valence-corrected chi connectivity index (χ2v) is 16.2. The monoisotopic (exact) mass is 737 g/mol. The Morgan fingerprint density at radius 3 is 2.71 bits per heavy atom. The Morgan fingerprint density at radius 2 is 1.92 bits per heavy atom. The Morgan fingerprint density at radius 1 is 1.13 bits per heavy atom. The van der Waals surface area contributed by atoms with Gasteiger partial charge in [-0.2, -0.15) is 15.1 Å². The van der Waals surface area contributed by atoms with Crippen molar-refractivity contribution in [3.05, 3.63) is 28.7 Å². The standard InChI is InChI=1S/C38H49ClFN7O5/c1-21-14-26-25(17-41-45-26)28(30(21)39)32-31(40)33-29(35(42-32)49-5)34(46-12-13-50-19-37(4,48)18-46)44-36(43-33)51-20-38-9-6-8-27(38)47(11-7-10-38)24-15-22(2)52-23(3)16-24/h14,17,22-24,27,48H,6-13,15-16,18-20H2,1-5H3,(H,41,45). The first-order chi connectivity index (χ1) is 25.0. The van der Waals surface area contributed by atoms with Crippen LogP contribution in [-0.4, -0.2) is 112 Å². The Balaban J connectivity index is 1.23. The zero-order valence-corrected chi connectivity index (χ0v) is 31.4. The number of nitrogens with zero attached hydrogens (tertiary/aromatic N) is 6. The molecular formula is C38H49ClFN7O5. The highest BCUT2D eigenvalue weighted by Crippen LogP contribution is 2.50. The third-order valence-electron chi connectivity index (χ3n) is 11.7. The predicted octanol–water partition coefficient (Wildman–Crippen LogP) is 6.23. The summed E-state index contributed by atoms with van der Waals surface area (Å²) in [4.78, 5) is 19.1. The molecule has 280 valence electrons. The van der Waals surface area contributed by atoms with Gasteiger partial charge < -0.3 is 29.0 Å². The molecule has 52 heavy (non-hydrogen) atoms. The van der Waals surface area contributed by atoms with Gasteiger partial charge in [0.15, 0.2) is 5.82 Å². The lowest BCUT2D eigenvalue weighted by Gasteiger charge is -2.51. The topological polar surface area (TPSA) is 131 Å². The van der Waals surface area contributed by atoms with Crippen molar-refractivity contribution in [1.82, 2.24) is 30.0 Å². The van der Waals surface area contributed by atoms with Crippen molar-refractivity contribution in [2.45, 2.75) is 103 Å². The molecule has 1 saturated carbocycles. The van der Waals surface area contributed by atoms with E-state index in [1.54, 1.807) is 13.1 Å². The van der Waals surface area contributed by atoms with Gasteiger partial charge in [0.25, 0.3) is 0 Å². The van der Waals surface area contributed by atoms with E-state index >= 15 is 4.39 Å². The van der Waals surface area contributed by atoms with Crippen LogP contribution in [0, 0.1) is 18.2 Å². The number of halogens is 2. The predicted molar refractivity (Wildman–Crippen MR) is 197 cm³/mol. The molecule has 4 aliphatic rings. The molecule has 0 radical (unpaired) electrons. The number of nitrogens with one attached hydrogen (secondary N) is 1. The van der Waals surface area contributed by atoms with Crippen LogP contribution in [0.3, 0.4) is 0 Å². The number of fused-ring (bicyclic) bond motifs is 3. The zero-order chi connectivity index (χ0) is 36.4. The van der Waals surface area contributed by atoms with Crippen LogP contribution in [0.25, 0.3) is 33.1 Å². The number of aliphatic hydroxyl groups is 1. The molecule has 3 aliphatic heterocycles. The number of anilines is 1. The van der Waals surface area contributed by atoms with E-state index in [2.05, 4.69) is 28.9 Å². The Kier molecular flexibility index (Phi) is 9.47. The van der Waals surface area contributed by atoms with Gasteiger partial charge in [-0.25, -0.2) is 9.37 Å². The number of aryl methyl sites for hydroxylation is 1.